The molecule has 1 aliphatic rings. The topological polar surface area (TPSA) is 66.8 Å². The second kappa shape index (κ2) is 13.6. The molecule has 148 valence electrons. The van der Waals surface area contributed by atoms with Crippen LogP contribution in [0.25, 0.3) is 0 Å². The smallest absolute Gasteiger partial charge is 0.305 e. The maximum atomic E-state index is 12.2. The molecule has 5 heteroatoms. The van der Waals surface area contributed by atoms with Gasteiger partial charge in [0.25, 0.3) is 0 Å². The van der Waals surface area contributed by atoms with Crippen LogP contribution < -0.4 is 0 Å². The van der Waals surface area contributed by atoms with Gasteiger partial charge >= 0.3 is 5.97 Å². The minimum absolute atomic E-state index is 0.0665. The highest BCUT2D eigenvalue weighted by Crippen LogP contribution is 2.20. The van der Waals surface area contributed by atoms with E-state index in [1.807, 2.05) is 29.2 Å². The molecule has 2 atom stereocenters. The Morgan fingerprint density at radius 3 is 2.88 bits per heavy atom. The summed E-state index contributed by atoms with van der Waals surface area (Å²) in [6.07, 6.45) is 16.0. The molecule has 0 spiro atoms. The van der Waals surface area contributed by atoms with Crippen LogP contribution in [0, 0.1) is 0 Å². The van der Waals surface area contributed by atoms with Gasteiger partial charge in [0.15, 0.2) is 0 Å². The third-order valence-corrected chi connectivity index (χ3v) is 4.72. The first-order valence-corrected chi connectivity index (χ1v) is 9.96. The van der Waals surface area contributed by atoms with E-state index in [1.54, 1.807) is 0 Å². The first kappa shape index (κ1) is 22.4. The molecule has 0 saturated carbocycles. The highest BCUT2D eigenvalue weighted by molar-refractivity contribution is 5.77. The van der Waals surface area contributed by atoms with Crippen molar-refractivity contribution < 1.29 is 19.4 Å². The number of unbranched alkanes of at least 4 members (excludes halogenated alkanes) is 3. The van der Waals surface area contributed by atoms with E-state index in [0.717, 1.165) is 51.4 Å². The molecule has 1 amide bonds. The van der Waals surface area contributed by atoms with Crippen LogP contribution in [0.2, 0.25) is 0 Å². The Bertz CT molecular complexity index is 473. The van der Waals surface area contributed by atoms with Crippen LogP contribution in [0.4, 0.5) is 0 Å². The van der Waals surface area contributed by atoms with Gasteiger partial charge in [-0.3, -0.25) is 9.59 Å². The van der Waals surface area contributed by atoms with Crippen molar-refractivity contribution in [2.75, 3.05) is 13.7 Å². The van der Waals surface area contributed by atoms with Crippen LogP contribution in [0.3, 0.4) is 0 Å². The minimum atomic E-state index is -0.422. The highest BCUT2D eigenvalue weighted by atomic mass is 16.5. The van der Waals surface area contributed by atoms with E-state index >= 15 is 0 Å². The molecule has 0 aliphatic carbocycles. The number of rotatable bonds is 12. The number of nitrogens with zero attached hydrogens (tertiary/aromatic N) is 1. The molecule has 26 heavy (non-hydrogen) atoms. The van der Waals surface area contributed by atoms with Gasteiger partial charge in [0.2, 0.25) is 5.91 Å². The number of carbonyl (C=O) groups is 2. The van der Waals surface area contributed by atoms with Crippen molar-refractivity contribution >= 4 is 11.9 Å². The van der Waals surface area contributed by atoms with Gasteiger partial charge in [-0.1, -0.05) is 50.5 Å². The van der Waals surface area contributed by atoms with E-state index in [9.17, 15) is 14.7 Å². The Hall–Kier alpha value is -1.62. The van der Waals surface area contributed by atoms with Gasteiger partial charge in [0.1, 0.15) is 0 Å². The maximum Gasteiger partial charge on any atom is 0.305 e. The second-order valence-electron chi connectivity index (χ2n) is 6.89. The van der Waals surface area contributed by atoms with E-state index in [2.05, 4.69) is 11.7 Å². The number of allylic oxidation sites excluding steroid dienone is 1. The maximum absolute atomic E-state index is 12.2. The van der Waals surface area contributed by atoms with Gasteiger partial charge in [0, 0.05) is 19.4 Å². The van der Waals surface area contributed by atoms with Crippen molar-refractivity contribution in [1.82, 2.24) is 4.90 Å². The van der Waals surface area contributed by atoms with Gasteiger partial charge in [-0.25, -0.2) is 0 Å². The Morgan fingerprint density at radius 1 is 1.35 bits per heavy atom. The minimum Gasteiger partial charge on any atom is -0.469 e. The summed E-state index contributed by atoms with van der Waals surface area (Å²) < 4.78 is 4.61. The van der Waals surface area contributed by atoms with Gasteiger partial charge in [-0.15, -0.1) is 0 Å². The zero-order valence-electron chi connectivity index (χ0n) is 16.4. The standard InChI is InChI=1S/C21H35NO4/c1-3-4-7-12-19(23)16-15-18-11-10-13-20(24)22(18)17-9-6-5-8-14-21(25)26-2/h6,9,15-16,18-19,23H,3-5,7-8,10-14,17H2,1-2H3/t18?,19-/m1/s1. The predicted molar refractivity (Wildman–Crippen MR) is 104 cm³/mol. The number of ether oxygens (including phenoxy) is 1. The normalized spacial score (nSPS) is 19.4. The predicted octanol–water partition coefficient (Wildman–Crippen LogP) is 3.76. The number of aliphatic hydroxyl groups excluding tert-OH is 1. The summed E-state index contributed by atoms with van der Waals surface area (Å²) in [6.45, 7) is 2.73. The number of likely N-dealkylation sites (tertiary alicyclic amines) is 1. The molecule has 0 aromatic rings. The summed E-state index contributed by atoms with van der Waals surface area (Å²) in [6, 6.07) is 0.0665. The number of amides is 1. The van der Waals surface area contributed by atoms with Crippen LogP contribution in [-0.4, -0.2) is 47.7 Å². The molecule has 1 fully saturated rings. The Balaban J connectivity index is 2.43. The number of aliphatic hydroxyl groups is 1. The molecular weight excluding hydrogens is 330 g/mol. The molecule has 1 saturated heterocycles. The fourth-order valence-electron chi connectivity index (χ4n) is 3.11. The molecule has 0 aromatic carbocycles. The number of methoxy groups -OCH3 is 1. The Morgan fingerprint density at radius 2 is 2.15 bits per heavy atom. The molecule has 0 bridgehead atoms. The van der Waals surface area contributed by atoms with Gasteiger partial charge in [-0.05, 0) is 32.1 Å². The largest absolute Gasteiger partial charge is 0.469 e. The van der Waals surface area contributed by atoms with E-state index in [-0.39, 0.29) is 17.9 Å². The summed E-state index contributed by atoms with van der Waals surface area (Å²) in [5.41, 5.74) is 0. The third kappa shape index (κ3) is 9.18. The van der Waals surface area contributed by atoms with Crippen molar-refractivity contribution in [3.8, 4) is 0 Å². The van der Waals surface area contributed by atoms with Crippen LogP contribution in [0.1, 0.15) is 71.1 Å². The molecule has 1 N–H and O–H groups in total. The van der Waals surface area contributed by atoms with Crippen molar-refractivity contribution in [3.05, 3.63) is 24.3 Å². The Kier molecular flexibility index (Phi) is 11.7. The highest BCUT2D eigenvalue weighted by Gasteiger charge is 2.25. The first-order chi connectivity index (χ1) is 12.6. The third-order valence-electron chi connectivity index (χ3n) is 4.72. The summed E-state index contributed by atoms with van der Waals surface area (Å²) in [4.78, 5) is 25.2. The fourth-order valence-corrected chi connectivity index (χ4v) is 3.11. The van der Waals surface area contributed by atoms with Crippen molar-refractivity contribution in [3.63, 3.8) is 0 Å². The lowest BCUT2D eigenvalue weighted by atomic mass is 10.00. The fraction of sp³-hybridized carbons (Fsp3) is 0.714. The lowest BCUT2D eigenvalue weighted by molar-refractivity contribution is -0.140. The number of carbonyl (C=O) groups excluding carboxylic acids is 2. The molecule has 0 radical (unpaired) electrons. The molecule has 1 rings (SSSR count). The van der Waals surface area contributed by atoms with Crippen molar-refractivity contribution in [2.24, 2.45) is 0 Å². The Labute approximate surface area is 158 Å². The van der Waals surface area contributed by atoms with Crippen LogP contribution in [0.5, 0.6) is 0 Å². The molecule has 0 aromatic heterocycles. The molecular formula is C21H35NO4. The van der Waals surface area contributed by atoms with Crippen LogP contribution in [0.15, 0.2) is 24.3 Å². The summed E-state index contributed by atoms with van der Waals surface area (Å²) in [5, 5.41) is 10.1. The quantitative estimate of drug-likeness (QED) is 0.325. The molecule has 5 nitrogen and oxygen atoms in total. The molecule has 1 aliphatic heterocycles. The average molecular weight is 366 g/mol. The number of esters is 1. The molecule has 1 heterocycles. The van der Waals surface area contributed by atoms with Gasteiger partial charge in [0.05, 0.1) is 19.3 Å². The van der Waals surface area contributed by atoms with Gasteiger partial charge in [-0.2, -0.15) is 0 Å². The van der Waals surface area contributed by atoms with Crippen molar-refractivity contribution in [1.29, 1.82) is 0 Å². The van der Waals surface area contributed by atoms with E-state index in [1.165, 1.54) is 7.11 Å². The van der Waals surface area contributed by atoms with E-state index < -0.39 is 6.10 Å². The van der Waals surface area contributed by atoms with E-state index in [0.29, 0.717) is 19.4 Å². The van der Waals surface area contributed by atoms with E-state index in [4.69, 9.17) is 0 Å². The number of hydrogen-bond donors (Lipinski definition) is 1. The lowest BCUT2D eigenvalue weighted by Crippen LogP contribution is -2.42. The summed E-state index contributed by atoms with van der Waals surface area (Å²) in [5.74, 6) is -0.0158. The lowest BCUT2D eigenvalue weighted by Gasteiger charge is -2.33. The second-order valence-corrected chi connectivity index (χ2v) is 6.89. The number of hydrogen-bond acceptors (Lipinski definition) is 4. The molecule has 1 unspecified atom stereocenters. The average Bonchev–Trinajstić information content (AvgIpc) is 2.64. The first-order valence-electron chi connectivity index (χ1n) is 9.96. The monoisotopic (exact) mass is 365 g/mol. The summed E-state index contributed by atoms with van der Waals surface area (Å²) in [7, 11) is 1.40. The zero-order chi connectivity index (χ0) is 19.2. The number of piperidine rings is 1. The van der Waals surface area contributed by atoms with Crippen LogP contribution in [-0.2, 0) is 14.3 Å². The zero-order valence-corrected chi connectivity index (χ0v) is 16.4. The van der Waals surface area contributed by atoms with Crippen LogP contribution >= 0.6 is 0 Å². The van der Waals surface area contributed by atoms with Crippen molar-refractivity contribution in [2.45, 2.75) is 83.3 Å². The SMILES string of the molecule is CCCCC[C@@H](O)C=CC1CCCC(=O)N1CC=CCCCC(=O)OC. The van der Waals surface area contributed by atoms with Gasteiger partial charge < -0.3 is 14.7 Å². The summed E-state index contributed by atoms with van der Waals surface area (Å²) >= 11 is 0.